The Morgan fingerprint density at radius 1 is 1.47 bits per heavy atom. The van der Waals surface area contributed by atoms with Crippen LogP contribution in [0, 0.1) is 5.92 Å². The van der Waals surface area contributed by atoms with Crippen molar-refractivity contribution in [2.45, 2.75) is 32.9 Å². The predicted molar refractivity (Wildman–Crippen MR) is 70.1 cm³/mol. The number of hydrogen-bond donors (Lipinski definition) is 3. The van der Waals surface area contributed by atoms with Crippen molar-refractivity contribution in [1.29, 1.82) is 0 Å². The number of carbonyl (C=O) groups is 1. The lowest BCUT2D eigenvalue weighted by molar-refractivity contribution is -0.123. The Balaban J connectivity index is 2.48. The maximum absolute atomic E-state index is 11.7. The zero-order valence-corrected chi connectivity index (χ0v) is 10.4. The van der Waals surface area contributed by atoms with Crippen LogP contribution in [0.25, 0.3) is 0 Å². The number of carbonyl (C=O) groups excluding carboxylic acids is 1. The third-order valence-corrected chi connectivity index (χ3v) is 2.98. The van der Waals surface area contributed by atoms with E-state index in [-0.39, 0.29) is 11.8 Å². The summed E-state index contributed by atoms with van der Waals surface area (Å²) in [6, 6.07) is 7.00. The van der Waals surface area contributed by atoms with Gasteiger partial charge in [-0.15, -0.1) is 0 Å². The Hall–Kier alpha value is -1.55. The first kappa shape index (κ1) is 13.5. The molecule has 0 aromatic heterocycles. The number of benzene rings is 1. The van der Waals surface area contributed by atoms with E-state index in [0.717, 1.165) is 12.0 Å². The number of rotatable bonds is 5. The molecular weight excluding hydrogens is 214 g/mol. The normalized spacial score (nSPS) is 14.1. The third kappa shape index (κ3) is 4.07. The number of nitrogen functional groups attached to an aromatic ring is 1. The van der Waals surface area contributed by atoms with Gasteiger partial charge in [0.1, 0.15) is 0 Å². The lowest BCUT2D eigenvalue weighted by atomic mass is 9.99. The average molecular weight is 235 g/mol. The number of anilines is 1. The van der Waals surface area contributed by atoms with Gasteiger partial charge in [-0.2, -0.15) is 0 Å². The minimum absolute atomic E-state index is 0.109. The van der Waals surface area contributed by atoms with E-state index in [2.05, 4.69) is 5.32 Å². The molecule has 17 heavy (non-hydrogen) atoms. The molecule has 5 N–H and O–H groups in total. The first-order valence-electron chi connectivity index (χ1n) is 5.92. The number of nitrogens with one attached hydrogen (secondary N) is 1. The molecule has 0 radical (unpaired) electrons. The lowest BCUT2D eigenvalue weighted by Gasteiger charge is -2.17. The summed E-state index contributed by atoms with van der Waals surface area (Å²) in [4.78, 5) is 11.7. The van der Waals surface area contributed by atoms with Gasteiger partial charge in [0, 0.05) is 12.2 Å². The van der Waals surface area contributed by atoms with Crippen molar-refractivity contribution in [2.75, 3.05) is 5.73 Å². The summed E-state index contributed by atoms with van der Waals surface area (Å²) >= 11 is 0. The highest BCUT2D eigenvalue weighted by atomic mass is 16.2. The van der Waals surface area contributed by atoms with Crippen molar-refractivity contribution >= 4 is 11.6 Å². The summed E-state index contributed by atoms with van der Waals surface area (Å²) in [6.45, 7) is 4.47. The summed E-state index contributed by atoms with van der Waals surface area (Å²) in [5, 5.41) is 2.82. The van der Waals surface area contributed by atoms with Gasteiger partial charge in [0.15, 0.2) is 0 Å². The van der Waals surface area contributed by atoms with E-state index < -0.39 is 6.04 Å². The fraction of sp³-hybridized carbons (Fsp3) is 0.462. The summed E-state index contributed by atoms with van der Waals surface area (Å²) in [7, 11) is 0. The largest absolute Gasteiger partial charge is 0.399 e. The fourth-order valence-corrected chi connectivity index (χ4v) is 1.52. The Bertz CT molecular complexity index is 379. The molecular formula is C13H21N3O. The lowest BCUT2D eigenvalue weighted by Crippen LogP contribution is -2.44. The predicted octanol–water partition coefficient (Wildman–Crippen LogP) is 1.26. The molecule has 0 saturated carbocycles. The first-order valence-corrected chi connectivity index (χ1v) is 5.92. The van der Waals surface area contributed by atoms with Crippen LogP contribution < -0.4 is 16.8 Å². The van der Waals surface area contributed by atoms with Gasteiger partial charge in [-0.25, -0.2) is 0 Å². The highest BCUT2D eigenvalue weighted by molar-refractivity contribution is 5.81. The quantitative estimate of drug-likeness (QED) is 0.672. The van der Waals surface area contributed by atoms with Crippen LogP contribution in [0.3, 0.4) is 0 Å². The Morgan fingerprint density at radius 2 is 2.18 bits per heavy atom. The number of hydrogen-bond acceptors (Lipinski definition) is 3. The molecule has 0 aliphatic rings. The van der Waals surface area contributed by atoms with Gasteiger partial charge in [0.25, 0.3) is 0 Å². The van der Waals surface area contributed by atoms with Crippen molar-refractivity contribution in [1.82, 2.24) is 5.32 Å². The van der Waals surface area contributed by atoms with Gasteiger partial charge in [-0.1, -0.05) is 32.4 Å². The van der Waals surface area contributed by atoms with E-state index in [1.54, 1.807) is 0 Å². The molecule has 1 rings (SSSR count). The molecule has 4 nitrogen and oxygen atoms in total. The van der Waals surface area contributed by atoms with E-state index in [4.69, 9.17) is 11.5 Å². The molecule has 4 heteroatoms. The monoisotopic (exact) mass is 235 g/mol. The van der Waals surface area contributed by atoms with Gasteiger partial charge >= 0.3 is 0 Å². The van der Waals surface area contributed by atoms with E-state index in [9.17, 15) is 4.79 Å². The van der Waals surface area contributed by atoms with Crippen LogP contribution in [0.4, 0.5) is 5.69 Å². The number of nitrogens with two attached hydrogens (primary N) is 2. The topological polar surface area (TPSA) is 81.1 Å². The van der Waals surface area contributed by atoms with Crippen LogP contribution >= 0.6 is 0 Å². The van der Waals surface area contributed by atoms with Crippen molar-refractivity contribution < 1.29 is 4.79 Å². The van der Waals surface area contributed by atoms with Crippen LogP contribution in [0.1, 0.15) is 25.8 Å². The molecule has 0 heterocycles. The molecule has 0 aliphatic carbocycles. The molecule has 0 saturated heterocycles. The molecule has 0 fully saturated rings. The third-order valence-electron chi connectivity index (χ3n) is 2.98. The second-order valence-electron chi connectivity index (χ2n) is 4.37. The van der Waals surface area contributed by atoms with Crippen LogP contribution in [-0.2, 0) is 11.3 Å². The Labute approximate surface area is 102 Å². The smallest absolute Gasteiger partial charge is 0.237 e. The van der Waals surface area contributed by atoms with Crippen LogP contribution in [0.15, 0.2) is 24.3 Å². The summed E-state index contributed by atoms with van der Waals surface area (Å²) in [5.74, 6) is 0.0811. The molecule has 1 unspecified atom stereocenters. The van der Waals surface area contributed by atoms with Gasteiger partial charge in [-0.05, 0) is 23.6 Å². The second-order valence-corrected chi connectivity index (χ2v) is 4.37. The Morgan fingerprint density at radius 3 is 2.76 bits per heavy atom. The summed E-state index contributed by atoms with van der Waals surface area (Å²) in [6.07, 6.45) is 0.896. The van der Waals surface area contributed by atoms with Gasteiger partial charge < -0.3 is 16.8 Å². The van der Waals surface area contributed by atoms with Gasteiger partial charge in [0.2, 0.25) is 5.91 Å². The zero-order valence-electron chi connectivity index (χ0n) is 10.4. The maximum Gasteiger partial charge on any atom is 0.237 e. The van der Waals surface area contributed by atoms with Crippen LogP contribution in [0.2, 0.25) is 0 Å². The fourth-order valence-electron chi connectivity index (χ4n) is 1.52. The highest BCUT2D eigenvalue weighted by Crippen LogP contribution is 2.08. The summed E-state index contributed by atoms with van der Waals surface area (Å²) in [5.41, 5.74) is 13.2. The van der Waals surface area contributed by atoms with Crippen molar-refractivity contribution in [3.8, 4) is 0 Å². The van der Waals surface area contributed by atoms with Crippen LogP contribution in [-0.4, -0.2) is 11.9 Å². The minimum Gasteiger partial charge on any atom is -0.399 e. The summed E-state index contributed by atoms with van der Waals surface area (Å²) < 4.78 is 0. The zero-order chi connectivity index (χ0) is 12.8. The molecule has 2 atom stereocenters. The molecule has 1 amide bonds. The molecule has 0 bridgehead atoms. The molecule has 0 aliphatic heterocycles. The van der Waals surface area contributed by atoms with Crippen molar-refractivity contribution in [3.63, 3.8) is 0 Å². The Kier molecular flexibility index (Phi) is 4.97. The van der Waals surface area contributed by atoms with E-state index >= 15 is 0 Å². The first-order chi connectivity index (χ1) is 8.04. The van der Waals surface area contributed by atoms with E-state index in [1.807, 2.05) is 38.1 Å². The van der Waals surface area contributed by atoms with E-state index in [0.29, 0.717) is 12.2 Å². The average Bonchev–Trinajstić information content (AvgIpc) is 2.34. The van der Waals surface area contributed by atoms with E-state index in [1.165, 1.54) is 0 Å². The molecule has 1 aromatic carbocycles. The maximum atomic E-state index is 11.7. The minimum atomic E-state index is -0.443. The number of amides is 1. The van der Waals surface area contributed by atoms with Crippen molar-refractivity contribution in [2.24, 2.45) is 11.7 Å². The second kappa shape index (κ2) is 6.25. The molecule has 1 aromatic rings. The highest BCUT2D eigenvalue weighted by Gasteiger charge is 2.18. The van der Waals surface area contributed by atoms with Crippen molar-refractivity contribution in [3.05, 3.63) is 29.8 Å². The van der Waals surface area contributed by atoms with Gasteiger partial charge in [0.05, 0.1) is 6.04 Å². The van der Waals surface area contributed by atoms with Gasteiger partial charge in [-0.3, -0.25) is 4.79 Å². The SMILES string of the molecule is CCC(C)[C@H](N)C(=O)NCc1cccc(N)c1. The molecule has 94 valence electrons. The standard InChI is InChI=1S/C13H21N3O/c1-3-9(2)12(15)13(17)16-8-10-5-4-6-11(14)7-10/h4-7,9,12H,3,8,14-15H2,1-2H3,(H,16,17)/t9?,12-/m0/s1. The van der Waals surface area contributed by atoms with Crippen LogP contribution in [0.5, 0.6) is 0 Å². The molecule has 0 spiro atoms.